The Balaban J connectivity index is 1.79. The lowest BCUT2D eigenvalue weighted by atomic mass is 9.86. The summed E-state index contributed by atoms with van der Waals surface area (Å²) in [4.78, 5) is 0. The van der Waals surface area contributed by atoms with E-state index in [1.807, 2.05) is 24.3 Å². The number of rotatable bonds is 3. The van der Waals surface area contributed by atoms with Crippen LogP contribution in [0, 0.1) is 5.82 Å². The van der Waals surface area contributed by atoms with Gasteiger partial charge in [0.15, 0.2) is 0 Å². The number of para-hydroxylation sites is 1. The van der Waals surface area contributed by atoms with Crippen molar-refractivity contribution in [3.05, 3.63) is 63.9 Å². The number of aliphatic hydroxyl groups is 1. The molecule has 2 aromatic carbocycles. The minimum absolute atomic E-state index is 0.258. The van der Waals surface area contributed by atoms with Gasteiger partial charge in [-0.15, -0.1) is 0 Å². The molecule has 2 atom stereocenters. The second kappa shape index (κ2) is 6.16. The van der Waals surface area contributed by atoms with Gasteiger partial charge in [0.2, 0.25) is 0 Å². The van der Waals surface area contributed by atoms with E-state index in [9.17, 15) is 9.50 Å². The van der Waals surface area contributed by atoms with Crippen molar-refractivity contribution in [1.82, 2.24) is 0 Å². The zero-order valence-corrected chi connectivity index (χ0v) is 13.0. The van der Waals surface area contributed by atoms with Crippen LogP contribution in [0.3, 0.4) is 0 Å². The van der Waals surface area contributed by atoms with E-state index < -0.39 is 6.10 Å². The molecular formula is C17H16BrFO2. The first-order chi connectivity index (χ1) is 10.1. The van der Waals surface area contributed by atoms with Gasteiger partial charge in [-0.25, -0.2) is 4.39 Å². The number of aliphatic hydroxyl groups excluding tert-OH is 1. The molecule has 110 valence electrons. The van der Waals surface area contributed by atoms with Crippen LogP contribution in [-0.4, -0.2) is 11.7 Å². The highest BCUT2D eigenvalue weighted by Crippen LogP contribution is 2.39. The number of fused-ring (bicyclic) bond motifs is 1. The number of ether oxygens (including phenoxy) is 1. The summed E-state index contributed by atoms with van der Waals surface area (Å²) in [6.07, 6.45) is 0.882. The van der Waals surface area contributed by atoms with Crippen molar-refractivity contribution in [3.63, 3.8) is 0 Å². The van der Waals surface area contributed by atoms with Gasteiger partial charge < -0.3 is 9.84 Å². The van der Waals surface area contributed by atoms with E-state index in [4.69, 9.17) is 4.74 Å². The average molecular weight is 351 g/mol. The Labute approximate surface area is 131 Å². The largest absolute Gasteiger partial charge is 0.493 e. The Kier molecular flexibility index (Phi) is 4.27. The lowest BCUT2D eigenvalue weighted by Gasteiger charge is -2.27. The average Bonchev–Trinajstić information content (AvgIpc) is 2.50. The minimum Gasteiger partial charge on any atom is -0.493 e. The SMILES string of the molecule is OC(CC1CCOc2ccccc21)c1ccc(F)c(Br)c1. The molecule has 2 nitrogen and oxygen atoms in total. The topological polar surface area (TPSA) is 29.5 Å². The third-order valence-corrected chi connectivity index (χ3v) is 4.53. The molecule has 0 radical (unpaired) electrons. The summed E-state index contributed by atoms with van der Waals surface area (Å²) in [6, 6.07) is 12.6. The van der Waals surface area contributed by atoms with Gasteiger partial charge in [-0.2, -0.15) is 0 Å². The quantitative estimate of drug-likeness (QED) is 0.877. The number of hydrogen-bond acceptors (Lipinski definition) is 2. The second-order valence-electron chi connectivity index (χ2n) is 5.30. The zero-order chi connectivity index (χ0) is 14.8. The predicted octanol–water partition coefficient (Wildman–Crippen LogP) is 4.58. The summed E-state index contributed by atoms with van der Waals surface area (Å²) < 4.78 is 19.3. The van der Waals surface area contributed by atoms with Crippen molar-refractivity contribution in [1.29, 1.82) is 0 Å². The van der Waals surface area contributed by atoms with Crippen LogP contribution in [0.1, 0.15) is 36.0 Å². The third kappa shape index (κ3) is 3.11. The number of halogens is 2. The summed E-state index contributed by atoms with van der Waals surface area (Å²) in [5, 5.41) is 10.4. The van der Waals surface area contributed by atoms with E-state index in [-0.39, 0.29) is 11.7 Å². The Bertz CT molecular complexity index is 644. The summed E-state index contributed by atoms with van der Waals surface area (Å²) in [5.41, 5.74) is 1.87. The molecule has 1 aliphatic rings. The van der Waals surface area contributed by atoms with E-state index in [0.29, 0.717) is 17.5 Å². The van der Waals surface area contributed by atoms with Gasteiger partial charge in [0.1, 0.15) is 11.6 Å². The Morgan fingerprint density at radius 3 is 2.90 bits per heavy atom. The molecule has 1 aliphatic heterocycles. The van der Waals surface area contributed by atoms with Gasteiger partial charge in [-0.1, -0.05) is 24.3 Å². The second-order valence-corrected chi connectivity index (χ2v) is 6.15. The summed E-state index contributed by atoms with van der Waals surface area (Å²) in [6.45, 7) is 0.668. The van der Waals surface area contributed by atoms with Crippen molar-refractivity contribution < 1.29 is 14.2 Å². The molecule has 21 heavy (non-hydrogen) atoms. The molecule has 0 fully saturated rings. The molecule has 4 heteroatoms. The van der Waals surface area contributed by atoms with Gasteiger partial charge in [0.25, 0.3) is 0 Å². The molecule has 0 saturated carbocycles. The molecule has 0 saturated heterocycles. The predicted molar refractivity (Wildman–Crippen MR) is 83.0 cm³/mol. The van der Waals surface area contributed by atoms with Crippen molar-refractivity contribution in [2.75, 3.05) is 6.61 Å². The Morgan fingerprint density at radius 1 is 1.29 bits per heavy atom. The highest BCUT2D eigenvalue weighted by Gasteiger charge is 2.24. The third-order valence-electron chi connectivity index (χ3n) is 3.92. The van der Waals surface area contributed by atoms with E-state index in [1.54, 1.807) is 12.1 Å². The van der Waals surface area contributed by atoms with Crippen molar-refractivity contribution in [2.24, 2.45) is 0 Å². The first-order valence-corrected chi connectivity index (χ1v) is 7.79. The van der Waals surface area contributed by atoms with Crippen LogP contribution in [0.5, 0.6) is 5.75 Å². The fourth-order valence-corrected chi connectivity index (χ4v) is 3.18. The molecule has 0 aliphatic carbocycles. The lowest BCUT2D eigenvalue weighted by Crippen LogP contribution is -2.16. The fourth-order valence-electron chi connectivity index (χ4n) is 2.79. The van der Waals surface area contributed by atoms with Gasteiger partial charge in [0.05, 0.1) is 17.2 Å². The molecule has 0 amide bonds. The minimum atomic E-state index is -0.613. The first-order valence-electron chi connectivity index (χ1n) is 7.00. The van der Waals surface area contributed by atoms with Crippen LogP contribution in [0.2, 0.25) is 0 Å². The number of benzene rings is 2. The highest BCUT2D eigenvalue weighted by molar-refractivity contribution is 9.10. The molecule has 0 bridgehead atoms. The molecule has 2 aromatic rings. The Morgan fingerprint density at radius 2 is 2.10 bits per heavy atom. The summed E-state index contributed by atoms with van der Waals surface area (Å²) in [5.74, 6) is 0.845. The summed E-state index contributed by atoms with van der Waals surface area (Å²) in [7, 11) is 0. The maximum atomic E-state index is 13.3. The molecule has 1 heterocycles. The molecule has 0 aromatic heterocycles. The van der Waals surface area contributed by atoms with Gasteiger partial charge in [0, 0.05) is 0 Å². The van der Waals surface area contributed by atoms with Gasteiger partial charge >= 0.3 is 0 Å². The molecule has 3 rings (SSSR count). The maximum Gasteiger partial charge on any atom is 0.137 e. The maximum absolute atomic E-state index is 13.3. The van der Waals surface area contributed by atoms with Crippen molar-refractivity contribution in [2.45, 2.75) is 24.9 Å². The van der Waals surface area contributed by atoms with Crippen LogP contribution in [-0.2, 0) is 0 Å². The Hall–Kier alpha value is -1.39. The van der Waals surface area contributed by atoms with Crippen LogP contribution >= 0.6 is 15.9 Å². The highest BCUT2D eigenvalue weighted by atomic mass is 79.9. The lowest BCUT2D eigenvalue weighted by molar-refractivity contribution is 0.145. The van der Waals surface area contributed by atoms with Gasteiger partial charge in [-0.3, -0.25) is 0 Å². The van der Waals surface area contributed by atoms with Gasteiger partial charge in [-0.05, 0) is 64.0 Å². The van der Waals surface area contributed by atoms with E-state index >= 15 is 0 Å². The first kappa shape index (κ1) is 14.5. The van der Waals surface area contributed by atoms with Crippen LogP contribution in [0.4, 0.5) is 4.39 Å². The van der Waals surface area contributed by atoms with Crippen LogP contribution in [0.25, 0.3) is 0 Å². The van der Waals surface area contributed by atoms with E-state index in [1.165, 1.54) is 6.07 Å². The van der Waals surface area contributed by atoms with E-state index in [2.05, 4.69) is 15.9 Å². The monoisotopic (exact) mass is 350 g/mol. The molecule has 0 spiro atoms. The van der Waals surface area contributed by atoms with Crippen molar-refractivity contribution >= 4 is 15.9 Å². The molecular weight excluding hydrogens is 335 g/mol. The standard InChI is InChI=1S/C17H16BrFO2/c18-14-9-12(5-6-15(14)19)16(20)10-11-7-8-21-17-4-2-1-3-13(11)17/h1-6,9,11,16,20H,7-8,10H2. The van der Waals surface area contributed by atoms with Crippen LogP contribution in [0.15, 0.2) is 46.9 Å². The van der Waals surface area contributed by atoms with Crippen LogP contribution < -0.4 is 4.74 Å². The molecule has 1 N–H and O–H groups in total. The molecule has 2 unspecified atom stereocenters. The smallest absolute Gasteiger partial charge is 0.137 e. The number of hydrogen-bond donors (Lipinski definition) is 1. The summed E-state index contributed by atoms with van der Waals surface area (Å²) >= 11 is 3.16. The van der Waals surface area contributed by atoms with E-state index in [0.717, 1.165) is 23.3 Å². The normalized spacial score (nSPS) is 18.7. The fraction of sp³-hybridized carbons (Fsp3) is 0.294. The zero-order valence-electron chi connectivity index (χ0n) is 11.4. The van der Waals surface area contributed by atoms with Crippen molar-refractivity contribution in [3.8, 4) is 5.75 Å².